The largest absolute Gasteiger partial charge is 0.478 e. The molecule has 1 aliphatic heterocycles. The number of benzene rings is 1. The van der Waals surface area contributed by atoms with E-state index in [0.717, 1.165) is 24.3 Å². The molecule has 1 aromatic carbocycles. The van der Waals surface area contributed by atoms with Crippen molar-refractivity contribution in [2.75, 3.05) is 18.0 Å². The van der Waals surface area contributed by atoms with Gasteiger partial charge in [0.05, 0.1) is 5.56 Å². The van der Waals surface area contributed by atoms with Gasteiger partial charge in [0.2, 0.25) is 0 Å². The molecule has 0 atom stereocenters. The maximum atomic E-state index is 10.8. The van der Waals surface area contributed by atoms with Crippen molar-refractivity contribution >= 4 is 11.7 Å². The molecule has 0 saturated carbocycles. The van der Waals surface area contributed by atoms with Gasteiger partial charge in [0.1, 0.15) is 0 Å². The first-order valence-corrected chi connectivity index (χ1v) is 4.83. The van der Waals surface area contributed by atoms with Gasteiger partial charge in [0.25, 0.3) is 0 Å². The molecular formula is C12H13NO2. The van der Waals surface area contributed by atoms with Gasteiger partial charge in [0.15, 0.2) is 0 Å². The number of rotatable bonds is 2. The Morgan fingerprint density at radius 2 is 2.13 bits per heavy atom. The standard InChI is InChI=1S/C12H13NO2/c1-8-6-13(7-8)10-3-4-11(12(14)15)9(2)5-10/h3-5H,1,6-7H2,2H3,(H,14,15). The van der Waals surface area contributed by atoms with Crippen molar-refractivity contribution in [3.8, 4) is 0 Å². The molecule has 0 spiro atoms. The average Bonchev–Trinajstić information content (AvgIpc) is 2.12. The van der Waals surface area contributed by atoms with E-state index in [2.05, 4.69) is 11.5 Å². The van der Waals surface area contributed by atoms with Crippen molar-refractivity contribution in [2.24, 2.45) is 0 Å². The molecule has 1 heterocycles. The van der Waals surface area contributed by atoms with Crippen LogP contribution in [0.15, 0.2) is 30.4 Å². The van der Waals surface area contributed by atoms with Crippen molar-refractivity contribution in [3.05, 3.63) is 41.5 Å². The molecule has 1 N–H and O–H groups in total. The number of hydrogen-bond donors (Lipinski definition) is 1. The number of aromatic carboxylic acids is 1. The SMILES string of the molecule is C=C1CN(c2ccc(C(=O)O)c(C)c2)C1. The van der Waals surface area contributed by atoms with E-state index >= 15 is 0 Å². The highest BCUT2D eigenvalue weighted by atomic mass is 16.4. The summed E-state index contributed by atoms with van der Waals surface area (Å²) in [6, 6.07) is 5.42. The first-order chi connectivity index (χ1) is 7.08. The lowest BCUT2D eigenvalue weighted by Gasteiger charge is -2.35. The molecule has 1 aliphatic rings. The molecule has 78 valence electrons. The minimum Gasteiger partial charge on any atom is -0.478 e. The topological polar surface area (TPSA) is 40.5 Å². The monoisotopic (exact) mass is 203 g/mol. The quantitative estimate of drug-likeness (QED) is 0.748. The Bertz CT molecular complexity index is 429. The summed E-state index contributed by atoms with van der Waals surface area (Å²) in [4.78, 5) is 13.0. The maximum absolute atomic E-state index is 10.8. The van der Waals surface area contributed by atoms with Crippen LogP contribution in [0.25, 0.3) is 0 Å². The molecule has 0 bridgehead atoms. The Hall–Kier alpha value is -1.77. The number of nitrogens with zero attached hydrogens (tertiary/aromatic N) is 1. The second-order valence-corrected chi connectivity index (χ2v) is 3.91. The molecule has 0 unspecified atom stereocenters. The van der Waals surface area contributed by atoms with Crippen LogP contribution in [-0.4, -0.2) is 24.2 Å². The Morgan fingerprint density at radius 1 is 1.47 bits per heavy atom. The van der Waals surface area contributed by atoms with Gasteiger partial charge >= 0.3 is 5.97 Å². The van der Waals surface area contributed by atoms with E-state index in [0.29, 0.717) is 5.56 Å². The van der Waals surface area contributed by atoms with Crippen molar-refractivity contribution < 1.29 is 9.90 Å². The summed E-state index contributed by atoms with van der Waals surface area (Å²) in [6.07, 6.45) is 0. The van der Waals surface area contributed by atoms with Crippen LogP contribution in [0.3, 0.4) is 0 Å². The van der Waals surface area contributed by atoms with Gasteiger partial charge in [-0.3, -0.25) is 0 Å². The third-order valence-electron chi connectivity index (χ3n) is 2.63. The normalized spacial score (nSPS) is 15.0. The molecule has 3 heteroatoms. The molecule has 0 aromatic heterocycles. The number of carbonyl (C=O) groups is 1. The highest BCUT2D eigenvalue weighted by Crippen LogP contribution is 2.25. The van der Waals surface area contributed by atoms with Crippen LogP contribution in [0.5, 0.6) is 0 Å². The highest BCUT2D eigenvalue weighted by molar-refractivity contribution is 5.90. The van der Waals surface area contributed by atoms with Crippen LogP contribution in [0.4, 0.5) is 5.69 Å². The molecule has 2 rings (SSSR count). The van der Waals surface area contributed by atoms with Crippen LogP contribution in [0, 0.1) is 6.92 Å². The Morgan fingerprint density at radius 3 is 2.60 bits per heavy atom. The van der Waals surface area contributed by atoms with Gasteiger partial charge in [-0.1, -0.05) is 6.58 Å². The summed E-state index contributed by atoms with van der Waals surface area (Å²) >= 11 is 0. The fourth-order valence-electron chi connectivity index (χ4n) is 1.76. The zero-order chi connectivity index (χ0) is 11.0. The van der Waals surface area contributed by atoms with Gasteiger partial charge < -0.3 is 10.0 Å². The summed E-state index contributed by atoms with van der Waals surface area (Å²) in [5.74, 6) is -0.868. The molecule has 0 aliphatic carbocycles. The van der Waals surface area contributed by atoms with Gasteiger partial charge in [-0.05, 0) is 36.3 Å². The molecule has 1 fully saturated rings. The van der Waals surface area contributed by atoms with E-state index in [9.17, 15) is 4.79 Å². The number of carboxylic acids is 1. The fourth-order valence-corrected chi connectivity index (χ4v) is 1.76. The Kier molecular flexibility index (Phi) is 2.23. The number of aryl methyl sites for hydroxylation is 1. The molecule has 3 nitrogen and oxygen atoms in total. The second kappa shape index (κ2) is 3.42. The molecule has 1 saturated heterocycles. The lowest BCUT2D eigenvalue weighted by Crippen LogP contribution is -2.39. The Balaban J connectivity index is 2.26. The zero-order valence-corrected chi connectivity index (χ0v) is 8.66. The fraction of sp³-hybridized carbons (Fsp3) is 0.250. The van der Waals surface area contributed by atoms with E-state index in [4.69, 9.17) is 5.11 Å². The van der Waals surface area contributed by atoms with Crippen LogP contribution in [-0.2, 0) is 0 Å². The molecular weight excluding hydrogens is 190 g/mol. The van der Waals surface area contributed by atoms with E-state index in [1.54, 1.807) is 6.07 Å². The van der Waals surface area contributed by atoms with Crippen LogP contribution in [0.1, 0.15) is 15.9 Å². The Labute approximate surface area is 88.6 Å². The van der Waals surface area contributed by atoms with Crippen LogP contribution in [0.2, 0.25) is 0 Å². The predicted molar refractivity (Wildman–Crippen MR) is 59.5 cm³/mol. The van der Waals surface area contributed by atoms with Crippen molar-refractivity contribution in [2.45, 2.75) is 6.92 Å². The molecule has 1 aromatic rings. The van der Waals surface area contributed by atoms with Crippen LogP contribution < -0.4 is 4.90 Å². The summed E-state index contributed by atoms with van der Waals surface area (Å²) in [7, 11) is 0. The minimum absolute atomic E-state index is 0.373. The molecule has 15 heavy (non-hydrogen) atoms. The predicted octanol–water partition coefficient (Wildman–Crippen LogP) is 2.07. The van der Waals surface area contributed by atoms with Crippen molar-refractivity contribution in [1.82, 2.24) is 0 Å². The first-order valence-electron chi connectivity index (χ1n) is 4.83. The first kappa shape index (κ1) is 9.77. The lowest BCUT2D eigenvalue weighted by atomic mass is 10.0. The minimum atomic E-state index is -0.868. The maximum Gasteiger partial charge on any atom is 0.335 e. The third kappa shape index (κ3) is 1.73. The van der Waals surface area contributed by atoms with E-state index in [-0.39, 0.29) is 0 Å². The van der Waals surface area contributed by atoms with Gasteiger partial charge in [0, 0.05) is 18.8 Å². The molecule has 0 amide bonds. The number of carboxylic acid groups (broad SMARTS) is 1. The van der Waals surface area contributed by atoms with Gasteiger partial charge in [-0.2, -0.15) is 0 Å². The number of anilines is 1. The average molecular weight is 203 g/mol. The lowest BCUT2D eigenvalue weighted by molar-refractivity contribution is 0.0696. The van der Waals surface area contributed by atoms with Gasteiger partial charge in [-0.25, -0.2) is 4.79 Å². The smallest absolute Gasteiger partial charge is 0.335 e. The summed E-state index contributed by atoms with van der Waals surface area (Å²) in [6.45, 7) is 7.45. The van der Waals surface area contributed by atoms with Crippen LogP contribution >= 0.6 is 0 Å². The highest BCUT2D eigenvalue weighted by Gasteiger charge is 2.19. The zero-order valence-electron chi connectivity index (χ0n) is 8.66. The summed E-state index contributed by atoms with van der Waals surface area (Å²) in [5, 5.41) is 8.88. The van der Waals surface area contributed by atoms with E-state index in [1.807, 2.05) is 19.1 Å². The van der Waals surface area contributed by atoms with E-state index < -0.39 is 5.97 Å². The van der Waals surface area contributed by atoms with E-state index in [1.165, 1.54) is 5.57 Å². The number of hydrogen-bond acceptors (Lipinski definition) is 2. The van der Waals surface area contributed by atoms with Crippen molar-refractivity contribution in [1.29, 1.82) is 0 Å². The van der Waals surface area contributed by atoms with Gasteiger partial charge in [-0.15, -0.1) is 0 Å². The third-order valence-corrected chi connectivity index (χ3v) is 2.63. The van der Waals surface area contributed by atoms with Crippen molar-refractivity contribution in [3.63, 3.8) is 0 Å². The summed E-state index contributed by atoms with van der Waals surface area (Å²) < 4.78 is 0. The summed E-state index contributed by atoms with van der Waals surface area (Å²) in [5.41, 5.74) is 3.47. The molecule has 0 radical (unpaired) electrons. The second-order valence-electron chi connectivity index (χ2n) is 3.91.